The molecule has 0 aliphatic rings. The number of carbonyl (C=O) groups excluding carboxylic acids is 2. The minimum absolute atomic E-state index is 0.188. The van der Waals surface area contributed by atoms with E-state index < -0.39 is 0 Å². The Kier molecular flexibility index (Phi) is 17.3. The number of hydroxylamine groups is 1. The number of nitrogens with one attached hydrogen (secondary N) is 2. The number of benzene rings is 1. The van der Waals surface area contributed by atoms with Gasteiger partial charge in [0, 0.05) is 48.3 Å². The SMILES string of the molecule is CC.C\C=C(/C(=C\C=C\C(=O)NCc1ccccc1OC)SC)N(CC)CCCC(=O)NO. The highest BCUT2D eigenvalue weighted by molar-refractivity contribution is 8.02. The summed E-state index contributed by atoms with van der Waals surface area (Å²) in [4.78, 5) is 26.6. The molecule has 0 unspecified atom stereocenters. The van der Waals surface area contributed by atoms with Crippen LogP contribution >= 0.6 is 11.8 Å². The lowest BCUT2D eigenvalue weighted by molar-refractivity contribution is -0.129. The van der Waals surface area contributed by atoms with Crippen LogP contribution in [0.2, 0.25) is 0 Å². The normalized spacial score (nSPS) is 11.5. The largest absolute Gasteiger partial charge is 0.496 e. The highest BCUT2D eigenvalue weighted by atomic mass is 32.2. The van der Waals surface area contributed by atoms with Crippen LogP contribution in [0.5, 0.6) is 5.75 Å². The van der Waals surface area contributed by atoms with Crippen molar-refractivity contribution in [3.8, 4) is 5.75 Å². The summed E-state index contributed by atoms with van der Waals surface area (Å²) >= 11 is 1.59. The third-order valence-corrected chi connectivity index (χ3v) is 5.35. The number of likely N-dealkylation sites (N-methyl/N-ethyl adjacent to an activating group) is 1. The number of allylic oxidation sites excluding steroid dienone is 3. The monoisotopic (exact) mass is 477 g/mol. The number of para-hydroxylation sites is 1. The average Bonchev–Trinajstić information content (AvgIpc) is 2.86. The second-order valence-electron chi connectivity index (χ2n) is 6.52. The number of methoxy groups -OCH3 is 1. The van der Waals surface area contributed by atoms with E-state index in [0.29, 0.717) is 19.5 Å². The Balaban J connectivity index is 0.00000497. The van der Waals surface area contributed by atoms with E-state index in [-0.39, 0.29) is 18.2 Å². The summed E-state index contributed by atoms with van der Waals surface area (Å²) < 4.78 is 5.30. The van der Waals surface area contributed by atoms with Gasteiger partial charge >= 0.3 is 0 Å². The van der Waals surface area contributed by atoms with Gasteiger partial charge in [-0.25, -0.2) is 5.48 Å². The lowest BCUT2D eigenvalue weighted by atomic mass is 10.2. The first-order chi connectivity index (χ1) is 16.0. The Morgan fingerprint density at radius 3 is 2.52 bits per heavy atom. The fraction of sp³-hybridized carbons (Fsp3) is 0.440. The molecule has 3 N–H and O–H groups in total. The van der Waals surface area contributed by atoms with Crippen molar-refractivity contribution in [2.24, 2.45) is 0 Å². The zero-order chi connectivity index (χ0) is 25.1. The summed E-state index contributed by atoms with van der Waals surface area (Å²) in [5, 5.41) is 11.5. The molecule has 33 heavy (non-hydrogen) atoms. The zero-order valence-electron chi connectivity index (χ0n) is 20.7. The minimum atomic E-state index is -0.388. The molecular formula is C25H39N3O4S. The van der Waals surface area contributed by atoms with Crippen molar-refractivity contribution in [3.05, 3.63) is 64.7 Å². The zero-order valence-corrected chi connectivity index (χ0v) is 21.5. The van der Waals surface area contributed by atoms with E-state index in [4.69, 9.17) is 9.94 Å². The Morgan fingerprint density at radius 1 is 1.24 bits per heavy atom. The number of nitrogens with zero attached hydrogens (tertiary/aromatic N) is 1. The van der Waals surface area contributed by atoms with Crippen molar-refractivity contribution in [1.82, 2.24) is 15.7 Å². The molecule has 0 heterocycles. The topological polar surface area (TPSA) is 90.9 Å². The molecule has 7 nitrogen and oxygen atoms in total. The number of rotatable bonds is 13. The quantitative estimate of drug-likeness (QED) is 0.166. The van der Waals surface area contributed by atoms with Crippen molar-refractivity contribution in [2.75, 3.05) is 26.5 Å². The van der Waals surface area contributed by atoms with Gasteiger partial charge in [0.2, 0.25) is 11.8 Å². The predicted octanol–water partition coefficient (Wildman–Crippen LogP) is 4.65. The molecule has 0 aromatic heterocycles. The Bertz CT molecular complexity index is 807. The first-order valence-electron chi connectivity index (χ1n) is 11.2. The Hall–Kier alpha value is -2.71. The fourth-order valence-electron chi connectivity index (χ4n) is 2.99. The molecule has 2 amide bonds. The van der Waals surface area contributed by atoms with Crippen LogP contribution in [0, 0.1) is 0 Å². The molecule has 1 rings (SSSR count). The van der Waals surface area contributed by atoms with Gasteiger partial charge in [0.25, 0.3) is 0 Å². The standard InChI is InChI=1S/C23H33N3O4S.C2H6/c1-5-19(26(6-2)16-10-15-23(28)25-29)21(31-4)13-9-14-22(27)24-17-18-11-7-8-12-20(18)30-3;1-2/h5,7-9,11-14,29H,6,10,15-17H2,1-4H3,(H,24,27)(H,25,28);1-2H3/b14-9+,19-5+,21-13+;. The fourth-order valence-corrected chi connectivity index (χ4v) is 3.66. The smallest absolute Gasteiger partial charge is 0.244 e. The third-order valence-electron chi connectivity index (χ3n) is 4.57. The van der Waals surface area contributed by atoms with Crippen LogP contribution in [-0.2, 0) is 16.1 Å². The van der Waals surface area contributed by atoms with Gasteiger partial charge in [0.15, 0.2) is 0 Å². The van der Waals surface area contributed by atoms with E-state index >= 15 is 0 Å². The van der Waals surface area contributed by atoms with Crippen molar-refractivity contribution >= 4 is 23.6 Å². The minimum Gasteiger partial charge on any atom is -0.496 e. The van der Waals surface area contributed by atoms with E-state index in [2.05, 4.69) is 17.1 Å². The van der Waals surface area contributed by atoms with E-state index in [1.807, 2.05) is 63.4 Å². The van der Waals surface area contributed by atoms with E-state index in [9.17, 15) is 9.59 Å². The molecule has 0 saturated carbocycles. The molecule has 0 spiro atoms. The molecule has 0 aliphatic carbocycles. The van der Waals surface area contributed by atoms with Gasteiger partial charge in [-0.05, 0) is 38.7 Å². The highest BCUT2D eigenvalue weighted by Crippen LogP contribution is 2.25. The van der Waals surface area contributed by atoms with Gasteiger partial charge in [-0.3, -0.25) is 14.8 Å². The molecule has 8 heteroatoms. The molecule has 0 saturated heterocycles. The number of carbonyl (C=O) groups is 2. The second-order valence-corrected chi connectivity index (χ2v) is 7.36. The first-order valence-corrected chi connectivity index (χ1v) is 12.4. The van der Waals surface area contributed by atoms with E-state index in [1.165, 1.54) is 6.08 Å². The van der Waals surface area contributed by atoms with Crippen molar-refractivity contribution in [1.29, 1.82) is 0 Å². The molecule has 0 aliphatic heterocycles. The van der Waals surface area contributed by atoms with Gasteiger partial charge in [0.1, 0.15) is 5.75 Å². The molecular weight excluding hydrogens is 438 g/mol. The summed E-state index contributed by atoms with van der Waals surface area (Å²) in [7, 11) is 1.61. The van der Waals surface area contributed by atoms with Crippen molar-refractivity contribution in [2.45, 2.75) is 47.1 Å². The van der Waals surface area contributed by atoms with Crippen LogP contribution in [0.25, 0.3) is 0 Å². The van der Waals surface area contributed by atoms with Gasteiger partial charge in [-0.15, -0.1) is 11.8 Å². The van der Waals surface area contributed by atoms with Crippen molar-refractivity contribution in [3.63, 3.8) is 0 Å². The van der Waals surface area contributed by atoms with Gasteiger partial charge in [-0.1, -0.05) is 44.2 Å². The van der Waals surface area contributed by atoms with Crippen LogP contribution < -0.4 is 15.5 Å². The summed E-state index contributed by atoms with van der Waals surface area (Å²) in [5.74, 6) is 0.165. The van der Waals surface area contributed by atoms with E-state index in [0.717, 1.165) is 28.5 Å². The Labute approximate surface area is 202 Å². The first kappa shape index (κ1) is 30.3. The summed E-state index contributed by atoms with van der Waals surface area (Å²) in [6.45, 7) is 9.87. The van der Waals surface area contributed by atoms with Gasteiger partial charge < -0.3 is 15.0 Å². The molecule has 1 aromatic carbocycles. The number of thioether (sulfide) groups is 1. The average molecular weight is 478 g/mol. The summed E-state index contributed by atoms with van der Waals surface area (Å²) in [6.07, 6.45) is 10.0. The van der Waals surface area contributed by atoms with Crippen LogP contribution in [0.4, 0.5) is 0 Å². The molecule has 1 aromatic rings. The molecule has 184 valence electrons. The summed E-state index contributed by atoms with van der Waals surface area (Å²) in [6, 6.07) is 7.57. The molecule has 0 bridgehead atoms. The maximum atomic E-state index is 12.2. The predicted molar refractivity (Wildman–Crippen MR) is 137 cm³/mol. The van der Waals surface area contributed by atoms with Crippen LogP contribution in [0.15, 0.2) is 59.2 Å². The van der Waals surface area contributed by atoms with E-state index in [1.54, 1.807) is 30.4 Å². The van der Waals surface area contributed by atoms with Crippen molar-refractivity contribution < 1.29 is 19.5 Å². The number of amides is 2. The van der Waals surface area contributed by atoms with Crippen LogP contribution in [0.1, 0.15) is 46.1 Å². The molecule has 0 fully saturated rings. The van der Waals surface area contributed by atoms with Crippen LogP contribution in [0.3, 0.4) is 0 Å². The highest BCUT2D eigenvalue weighted by Gasteiger charge is 2.12. The van der Waals surface area contributed by atoms with Gasteiger partial charge in [0.05, 0.1) is 7.11 Å². The summed E-state index contributed by atoms with van der Waals surface area (Å²) in [5.41, 5.74) is 3.61. The maximum Gasteiger partial charge on any atom is 0.244 e. The lowest BCUT2D eigenvalue weighted by Gasteiger charge is -2.27. The number of hydrogen-bond donors (Lipinski definition) is 3. The number of ether oxygens (including phenoxy) is 1. The Morgan fingerprint density at radius 2 is 1.94 bits per heavy atom. The lowest BCUT2D eigenvalue weighted by Crippen LogP contribution is -2.26. The second kappa shape index (κ2) is 18.8. The van der Waals surface area contributed by atoms with Gasteiger partial charge in [-0.2, -0.15) is 0 Å². The van der Waals surface area contributed by atoms with Crippen LogP contribution in [-0.4, -0.2) is 48.4 Å². The maximum absolute atomic E-state index is 12.2. The third kappa shape index (κ3) is 11.6. The molecule has 0 atom stereocenters. The molecule has 0 radical (unpaired) electrons. The number of hydrogen-bond acceptors (Lipinski definition) is 6.